The minimum Gasteiger partial charge on any atom is -0.497 e. The van der Waals surface area contributed by atoms with Crippen molar-refractivity contribution in [2.24, 2.45) is 5.92 Å². The van der Waals surface area contributed by atoms with E-state index in [-0.39, 0.29) is 17.7 Å². The molecule has 2 atom stereocenters. The molecule has 1 aliphatic carbocycles. The van der Waals surface area contributed by atoms with E-state index in [1.165, 1.54) is 0 Å². The van der Waals surface area contributed by atoms with Gasteiger partial charge in [-0.2, -0.15) is 0 Å². The number of ketones is 1. The van der Waals surface area contributed by atoms with Gasteiger partial charge in [-0.1, -0.05) is 30.3 Å². The van der Waals surface area contributed by atoms with E-state index in [2.05, 4.69) is 0 Å². The number of carbonyl (C=O) groups is 2. The molecule has 0 bridgehead atoms. The van der Waals surface area contributed by atoms with Crippen LogP contribution in [0.4, 0.5) is 10.5 Å². The van der Waals surface area contributed by atoms with Gasteiger partial charge in [0, 0.05) is 18.5 Å². The van der Waals surface area contributed by atoms with Crippen molar-refractivity contribution in [2.75, 3.05) is 12.0 Å². The largest absolute Gasteiger partial charge is 0.497 e. The molecule has 0 aliphatic heterocycles. The van der Waals surface area contributed by atoms with Crippen LogP contribution in [0.1, 0.15) is 58.1 Å². The number of anilines is 1. The summed E-state index contributed by atoms with van der Waals surface area (Å²) in [6.07, 6.45) is 2.40. The highest BCUT2D eigenvalue weighted by Crippen LogP contribution is 2.40. The fourth-order valence-corrected chi connectivity index (χ4v) is 4.04. The third kappa shape index (κ3) is 5.41. The molecule has 0 spiro atoms. The standard InChI is InChI=1S/C25H31NO4/c1-25(2,3)30-24(28)26(20-13-15-22(29-4)16-14-20)23(18-9-6-5-7-10-18)19-11-8-12-21(27)17-19/h5-7,9-10,13-16,19,23H,8,11-12,17H2,1-4H3. The lowest BCUT2D eigenvalue weighted by Crippen LogP contribution is -2.43. The number of methoxy groups -OCH3 is 1. The molecule has 0 radical (unpaired) electrons. The summed E-state index contributed by atoms with van der Waals surface area (Å²) in [5, 5.41) is 0. The molecule has 30 heavy (non-hydrogen) atoms. The topological polar surface area (TPSA) is 55.8 Å². The molecule has 5 nitrogen and oxygen atoms in total. The number of hydrogen-bond acceptors (Lipinski definition) is 4. The average Bonchev–Trinajstić information content (AvgIpc) is 2.71. The lowest BCUT2D eigenvalue weighted by atomic mass is 9.79. The second-order valence-corrected chi connectivity index (χ2v) is 8.80. The number of rotatable bonds is 5. The Morgan fingerprint density at radius 3 is 2.30 bits per heavy atom. The molecular weight excluding hydrogens is 378 g/mol. The highest BCUT2D eigenvalue weighted by atomic mass is 16.6. The molecule has 2 unspecified atom stereocenters. The van der Waals surface area contributed by atoms with Crippen LogP contribution in [0, 0.1) is 5.92 Å². The highest BCUT2D eigenvalue weighted by molar-refractivity contribution is 5.89. The summed E-state index contributed by atoms with van der Waals surface area (Å²) in [6, 6.07) is 17.0. The second-order valence-electron chi connectivity index (χ2n) is 8.80. The summed E-state index contributed by atoms with van der Waals surface area (Å²) in [4.78, 5) is 27.5. The zero-order chi connectivity index (χ0) is 21.7. The van der Waals surface area contributed by atoms with Crippen molar-refractivity contribution in [3.8, 4) is 5.75 Å². The number of hydrogen-bond donors (Lipinski definition) is 0. The third-order valence-electron chi connectivity index (χ3n) is 5.33. The summed E-state index contributed by atoms with van der Waals surface area (Å²) < 4.78 is 11.1. The predicted octanol–water partition coefficient (Wildman–Crippen LogP) is 5.94. The van der Waals surface area contributed by atoms with Crippen LogP contribution in [0.2, 0.25) is 0 Å². The number of ether oxygens (including phenoxy) is 2. The molecule has 0 aromatic heterocycles. The number of Topliss-reactive ketones (excluding diaryl/α,β-unsaturated/α-hetero) is 1. The molecule has 2 aromatic rings. The molecule has 1 aliphatic rings. The maximum absolute atomic E-state index is 13.4. The van der Waals surface area contributed by atoms with Gasteiger partial charge >= 0.3 is 6.09 Å². The molecule has 1 saturated carbocycles. The first kappa shape index (κ1) is 21.9. The van der Waals surface area contributed by atoms with Gasteiger partial charge in [0.1, 0.15) is 17.1 Å². The predicted molar refractivity (Wildman–Crippen MR) is 118 cm³/mol. The van der Waals surface area contributed by atoms with Gasteiger partial charge in [0.05, 0.1) is 13.2 Å². The van der Waals surface area contributed by atoms with Crippen molar-refractivity contribution in [2.45, 2.75) is 58.1 Å². The molecular formula is C25H31NO4. The van der Waals surface area contributed by atoms with E-state index in [0.29, 0.717) is 18.6 Å². The minimum atomic E-state index is -0.634. The van der Waals surface area contributed by atoms with E-state index in [4.69, 9.17) is 9.47 Å². The molecule has 2 aromatic carbocycles. The van der Waals surface area contributed by atoms with Crippen molar-refractivity contribution in [3.05, 3.63) is 60.2 Å². The Hall–Kier alpha value is -2.82. The van der Waals surface area contributed by atoms with Crippen LogP contribution in [0.15, 0.2) is 54.6 Å². The Labute approximate surface area is 179 Å². The van der Waals surface area contributed by atoms with Gasteiger partial charge in [-0.05, 0) is 69.4 Å². The Morgan fingerprint density at radius 2 is 1.73 bits per heavy atom. The van der Waals surface area contributed by atoms with Crippen LogP contribution in [-0.2, 0) is 9.53 Å². The van der Waals surface area contributed by atoms with Crippen LogP contribution in [0.25, 0.3) is 0 Å². The van der Waals surface area contributed by atoms with Crippen molar-refractivity contribution < 1.29 is 19.1 Å². The molecule has 0 heterocycles. The summed E-state index contributed by atoms with van der Waals surface area (Å²) in [7, 11) is 1.61. The van der Waals surface area contributed by atoms with Crippen LogP contribution in [-0.4, -0.2) is 24.6 Å². The zero-order valence-corrected chi connectivity index (χ0v) is 18.3. The molecule has 1 amide bonds. The van der Waals surface area contributed by atoms with E-state index in [1.54, 1.807) is 12.0 Å². The fraction of sp³-hybridized carbons (Fsp3) is 0.440. The van der Waals surface area contributed by atoms with Crippen LogP contribution >= 0.6 is 0 Å². The van der Waals surface area contributed by atoms with Crippen LogP contribution < -0.4 is 9.64 Å². The van der Waals surface area contributed by atoms with E-state index < -0.39 is 11.7 Å². The van der Waals surface area contributed by atoms with Crippen molar-refractivity contribution in [1.29, 1.82) is 0 Å². The summed E-state index contributed by atoms with van der Waals surface area (Å²) in [5.74, 6) is 1.00. The monoisotopic (exact) mass is 409 g/mol. The number of nitrogens with zero attached hydrogens (tertiary/aromatic N) is 1. The Bertz CT molecular complexity index is 855. The van der Waals surface area contributed by atoms with Crippen LogP contribution in [0.3, 0.4) is 0 Å². The zero-order valence-electron chi connectivity index (χ0n) is 18.3. The first-order valence-electron chi connectivity index (χ1n) is 10.5. The van der Waals surface area contributed by atoms with E-state index in [9.17, 15) is 9.59 Å². The first-order valence-corrected chi connectivity index (χ1v) is 10.5. The quantitative estimate of drug-likeness (QED) is 0.613. The Kier molecular flexibility index (Phi) is 6.80. The molecule has 0 N–H and O–H groups in total. The van der Waals surface area contributed by atoms with Gasteiger partial charge in [-0.25, -0.2) is 4.79 Å². The maximum Gasteiger partial charge on any atom is 0.415 e. The Balaban J connectivity index is 2.09. The summed E-state index contributed by atoms with van der Waals surface area (Å²) in [5.41, 5.74) is 1.08. The molecule has 1 fully saturated rings. The van der Waals surface area contributed by atoms with Gasteiger partial charge in [-0.3, -0.25) is 9.69 Å². The Morgan fingerprint density at radius 1 is 1.07 bits per heavy atom. The fourth-order valence-electron chi connectivity index (χ4n) is 4.04. The number of benzene rings is 2. The van der Waals surface area contributed by atoms with E-state index >= 15 is 0 Å². The van der Waals surface area contributed by atoms with Gasteiger partial charge in [-0.15, -0.1) is 0 Å². The van der Waals surface area contributed by atoms with E-state index in [1.807, 2.05) is 75.4 Å². The third-order valence-corrected chi connectivity index (χ3v) is 5.33. The molecule has 5 heteroatoms. The number of carbonyl (C=O) groups excluding carboxylic acids is 2. The second kappa shape index (κ2) is 9.33. The molecule has 3 rings (SSSR count). The first-order chi connectivity index (χ1) is 14.3. The molecule has 160 valence electrons. The summed E-state index contributed by atoms with van der Waals surface area (Å²) in [6.45, 7) is 5.58. The average molecular weight is 410 g/mol. The van der Waals surface area contributed by atoms with Crippen molar-refractivity contribution in [1.82, 2.24) is 0 Å². The molecule has 0 saturated heterocycles. The lowest BCUT2D eigenvalue weighted by molar-refractivity contribution is -0.121. The lowest BCUT2D eigenvalue weighted by Gasteiger charge is -2.39. The van der Waals surface area contributed by atoms with Gasteiger partial charge in [0.2, 0.25) is 0 Å². The summed E-state index contributed by atoms with van der Waals surface area (Å²) >= 11 is 0. The van der Waals surface area contributed by atoms with Gasteiger partial charge in [0.25, 0.3) is 0 Å². The maximum atomic E-state index is 13.4. The normalized spacial score (nSPS) is 17.9. The van der Waals surface area contributed by atoms with Crippen LogP contribution in [0.5, 0.6) is 5.75 Å². The van der Waals surface area contributed by atoms with Crippen molar-refractivity contribution >= 4 is 17.6 Å². The van der Waals surface area contributed by atoms with E-state index in [0.717, 1.165) is 24.1 Å². The van der Waals surface area contributed by atoms with Crippen molar-refractivity contribution in [3.63, 3.8) is 0 Å². The number of amides is 1. The smallest absolute Gasteiger partial charge is 0.415 e. The van der Waals surface area contributed by atoms with Gasteiger partial charge < -0.3 is 9.47 Å². The SMILES string of the molecule is COc1ccc(N(C(=O)OC(C)(C)C)C(c2ccccc2)C2CCCC(=O)C2)cc1. The highest BCUT2D eigenvalue weighted by Gasteiger charge is 2.37. The minimum absolute atomic E-state index is 0.0308. The van der Waals surface area contributed by atoms with Gasteiger partial charge in [0.15, 0.2) is 0 Å².